The van der Waals surface area contributed by atoms with Crippen LogP contribution in [-0.4, -0.2) is 25.1 Å². The van der Waals surface area contributed by atoms with E-state index in [9.17, 15) is 4.79 Å². The largest absolute Gasteiger partial charge is 0.497 e. The Bertz CT molecular complexity index is 861. The zero-order valence-electron chi connectivity index (χ0n) is 14.0. The van der Waals surface area contributed by atoms with Crippen LogP contribution >= 0.6 is 0 Å². The zero-order valence-corrected chi connectivity index (χ0v) is 14.0. The molecule has 0 aliphatic heterocycles. The number of carbonyl (C=O) groups excluding carboxylic acids is 1. The number of para-hydroxylation sites is 1. The minimum absolute atomic E-state index is 0.170. The molecule has 3 aromatic rings. The summed E-state index contributed by atoms with van der Waals surface area (Å²) in [4.78, 5) is 15.8. The molecule has 0 fully saturated rings. The number of aromatic nitrogens is 1. The smallest absolute Gasteiger partial charge is 0.251 e. The number of fused-ring (bicyclic) bond motifs is 1. The number of nitrogens with one attached hydrogen (secondary N) is 2. The molecule has 1 aromatic heterocycles. The van der Waals surface area contributed by atoms with Crippen LogP contribution in [0.1, 0.15) is 21.6 Å². The Hall–Kier alpha value is -2.95. The maximum Gasteiger partial charge on any atom is 0.251 e. The molecule has 5 heteroatoms. The van der Waals surface area contributed by atoms with Gasteiger partial charge < -0.3 is 19.8 Å². The highest BCUT2D eigenvalue weighted by atomic mass is 16.5. The molecule has 1 heterocycles. The van der Waals surface area contributed by atoms with Crippen molar-refractivity contribution in [3.05, 3.63) is 59.3 Å². The first-order chi connectivity index (χ1) is 11.6. The summed E-state index contributed by atoms with van der Waals surface area (Å²) in [6, 6.07) is 13.2. The van der Waals surface area contributed by atoms with E-state index in [0.29, 0.717) is 23.6 Å². The van der Waals surface area contributed by atoms with Gasteiger partial charge in [0.15, 0.2) is 0 Å². The normalized spacial score (nSPS) is 10.6. The molecule has 0 saturated heterocycles. The van der Waals surface area contributed by atoms with E-state index in [1.165, 1.54) is 0 Å². The van der Waals surface area contributed by atoms with E-state index in [-0.39, 0.29) is 5.91 Å². The highest BCUT2D eigenvalue weighted by molar-refractivity contribution is 5.95. The lowest BCUT2D eigenvalue weighted by Gasteiger charge is -2.09. The highest BCUT2D eigenvalue weighted by Crippen LogP contribution is 2.24. The van der Waals surface area contributed by atoms with Gasteiger partial charge in [-0.2, -0.15) is 0 Å². The number of benzene rings is 2. The lowest BCUT2D eigenvalue weighted by atomic mass is 10.1. The zero-order chi connectivity index (χ0) is 17.1. The van der Waals surface area contributed by atoms with Gasteiger partial charge in [0.1, 0.15) is 11.5 Å². The molecule has 0 aliphatic rings. The maximum atomic E-state index is 12.5. The number of hydrogen-bond donors (Lipinski definition) is 2. The predicted octanol–water partition coefficient (Wildman–Crippen LogP) is 3.42. The molecule has 0 spiro atoms. The van der Waals surface area contributed by atoms with Crippen molar-refractivity contribution < 1.29 is 14.3 Å². The fraction of sp³-hybridized carbons (Fsp3) is 0.211. The third kappa shape index (κ3) is 3.06. The van der Waals surface area contributed by atoms with Crippen LogP contribution in [-0.2, 0) is 6.54 Å². The van der Waals surface area contributed by atoms with Gasteiger partial charge in [0.25, 0.3) is 5.91 Å². The van der Waals surface area contributed by atoms with Gasteiger partial charge in [-0.15, -0.1) is 0 Å². The van der Waals surface area contributed by atoms with Crippen LogP contribution < -0.4 is 14.8 Å². The highest BCUT2D eigenvalue weighted by Gasteiger charge is 2.12. The van der Waals surface area contributed by atoms with E-state index in [2.05, 4.69) is 16.4 Å². The van der Waals surface area contributed by atoms with Crippen molar-refractivity contribution in [3.63, 3.8) is 0 Å². The van der Waals surface area contributed by atoms with E-state index in [1.54, 1.807) is 32.4 Å². The molecule has 24 heavy (non-hydrogen) atoms. The second-order valence-electron chi connectivity index (χ2n) is 5.56. The van der Waals surface area contributed by atoms with Crippen LogP contribution in [0.15, 0.2) is 42.5 Å². The molecule has 124 valence electrons. The van der Waals surface area contributed by atoms with Crippen LogP contribution in [0.25, 0.3) is 10.9 Å². The average Bonchev–Trinajstić information content (AvgIpc) is 2.94. The SMILES string of the molecule is COc1cc(OC)cc(C(=O)NCc2c(C)[nH]c3ccccc23)c1. The second kappa shape index (κ2) is 6.66. The summed E-state index contributed by atoms with van der Waals surface area (Å²) in [5.74, 6) is 1.00. The van der Waals surface area contributed by atoms with Gasteiger partial charge in [-0.3, -0.25) is 4.79 Å². The number of ether oxygens (including phenoxy) is 2. The van der Waals surface area contributed by atoms with Crippen LogP contribution in [0.5, 0.6) is 11.5 Å². The number of amides is 1. The van der Waals surface area contributed by atoms with Gasteiger partial charge in [0.05, 0.1) is 14.2 Å². The number of aryl methyl sites for hydroxylation is 1. The van der Waals surface area contributed by atoms with Crippen molar-refractivity contribution in [3.8, 4) is 11.5 Å². The summed E-state index contributed by atoms with van der Waals surface area (Å²) in [6.07, 6.45) is 0. The summed E-state index contributed by atoms with van der Waals surface area (Å²) in [5, 5.41) is 4.09. The van der Waals surface area contributed by atoms with E-state index in [1.807, 2.05) is 25.1 Å². The molecular formula is C19H20N2O3. The molecule has 0 atom stereocenters. The van der Waals surface area contributed by atoms with Crippen LogP contribution in [0.4, 0.5) is 0 Å². The van der Waals surface area contributed by atoms with Gasteiger partial charge >= 0.3 is 0 Å². The third-order valence-corrected chi connectivity index (χ3v) is 4.07. The Kier molecular flexibility index (Phi) is 4.42. The lowest BCUT2D eigenvalue weighted by Crippen LogP contribution is -2.23. The minimum atomic E-state index is -0.170. The number of H-pyrrole nitrogens is 1. The lowest BCUT2D eigenvalue weighted by molar-refractivity contribution is 0.0950. The first kappa shape index (κ1) is 15.9. The van der Waals surface area contributed by atoms with Crippen LogP contribution in [0.2, 0.25) is 0 Å². The molecular weight excluding hydrogens is 304 g/mol. The van der Waals surface area contributed by atoms with Crippen molar-refractivity contribution in [2.24, 2.45) is 0 Å². The standard InChI is InChI=1S/C19H20N2O3/c1-12-17(16-6-4-5-7-18(16)21-12)11-20-19(22)13-8-14(23-2)10-15(9-13)24-3/h4-10,21H,11H2,1-3H3,(H,20,22). The Morgan fingerprint density at radius 1 is 1.08 bits per heavy atom. The Morgan fingerprint density at radius 3 is 2.42 bits per heavy atom. The van der Waals surface area contributed by atoms with Crippen molar-refractivity contribution in [2.75, 3.05) is 14.2 Å². The monoisotopic (exact) mass is 324 g/mol. The van der Waals surface area contributed by atoms with E-state index >= 15 is 0 Å². The summed E-state index contributed by atoms with van der Waals surface area (Å²) in [6.45, 7) is 2.46. The third-order valence-electron chi connectivity index (χ3n) is 4.07. The summed E-state index contributed by atoms with van der Waals surface area (Å²) < 4.78 is 10.4. The summed E-state index contributed by atoms with van der Waals surface area (Å²) in [5.41, 5.74) is 3.72. The Labute approximate surface area is 140 Å². The molecule has 2 N–H and O–H groups in total. The first-order valence-electron chi connectivity index (χ1n) is 7.70. The van der Waals surface area contributed by atoms with E-state index in [4.69, 9.17) is 9.47 Å². The van der Waals surface area contributed by atoms with Crippen molar-refractivity contribution >= 4 is 16.8 Å². The number of aromatic amines is 1. The summed E-state index contributed by atoms with van der Waals surface area (Å²) >= 11 is 0. The molecule has 1 amide bonds. The fourth-order valence-electron chi connectivity index (χ4n) is 2.77. The topological polar surface area (TPSA) is 63.4 Å². The van der Waals surface area contributed by atoms with Crippen molar-refractivity contribution in [1.82, 2.24) is 10.3 Å². The molecule has 0 bridgehead atoms. The van der Waals surface area contributed by atoms with Crippen LogP contribution in [0, 0.1) is 6.92 Å². The van der Waals surface area contributed by atoms with Gasteiger partial charge in [0.2, 0.25) is 0 Å². The molecule has 0 unspecified atom stereocenters. The molecule has 3 rings (SSSR count). The van der Waals surface area contributed by atoms with Gasteiger partial charge in [-0.05, 0) is 30.7 Å². The predicted molar refractivity (Wildman–Crippen MR) is 93.8 cm³/mol. The molecule has 0 aliphatic carbocycles. The van der Waals surface area contributed by atoms with E-state index < -0.39 is 0 Å². The Balaban J connectivity index is 1.81. The minimum Gasteiger partial charge on any atom is -0.497 e. The van der Waals surface area contributed by atoms with E-state index in [0.717, 1.165) is 22.2 Å². The average molecular weight is 324 g/mol. The molecule has 0 radical (unpaired) electrons. The molecule has 0 saturated carbocycles. The fourth-order valence-corrected chi connectivity index (χ4v) is 2.77. The number of methoxy groups -OCH3 is 2. The number of rotatable bonds is 5. The Morgan fingerprint density at radius 2 is 1.75 bits per heavy atom. The quantitative estimate of drug-likeness (QED) is 0.756. The second-order valence-corrected chi connectivity index (χ2v) is 5.56. The van der Waals surface area contributed by atoms with Gasteiger partial charge in [0, 0.05) is 34.8 Å². The maximum absolute atomic E-state index is 12.5. The number of carbonyl (C=O) groups is 1. The van der Waals surface area contributed by atoms with Gasteiger partial charge in [-0.1, -0.05) is 18.2 Å². The summed E-state index contributed by atoms with van der Waals surface area (Å²) in [7, 11) is 3.12. The van der Waals surface area contributed by atoms with Gasteiger partial charge in [-0.25, -0.2) is 0 Å². The molecule has 2 aromatic carbocycles. The number of hydrogen-bond acceptors (Lipinski definition) is 3. The van der Waals surface area contributed by atoms with Crippen molar-refractivity contribution in [2.45, 2.75) is 13.5 Å². The first-order valence-corrected chi connectivity index (χ1v) is 7.70. The van der Waals surface area contributed by atoms with Crippen molar-refractivity contribution in [1.29, 1.82) is 0 Å². The molecule has 5 nitrogen and oxygen atoms in total. The van der Waals surface area contributed by atoms with Crippen LogP contribution in [0.3, 0.4) is 0 Å².